The number of nitrogens with zero attached hydrogens (tertiary/aromatic N) is 2. The standard InChI is InChI=1S/C26H34N4O4.ClH/c1-16(2)29(26(33)34)24-13-17(3)30(18(4)31)23-10-9-21(15-22(23)24)20-7-5-19(6-8-20)14-25(32)28-12-11-27;/h5-10,15-17,24H,11-14,27H2,1-4H3,(H,28,32)(H,33,34);1H/t17-,24+;/m0./s1. The predicted molar refractivity (Wildman–Crippen MR) is 140 cm³/mol. The zero-order valence-electron chi connectivity index (χ0n) is 20.7. The summed E-state index contributed by atoms with van der Waals surface area (Å²) < 4.78 is 0. The van der Waals surface area contributed by atoms with Gasteiger partial charge in [-0.05, 0) is 61.6 Å². The lowest BCUT2D eigenvalue weighted by molar-refractivity contribution is -0.120. The topological polar surface area (TPSA) is 116 Å². The van der Waals surface area contributed by atoms with Crippen molar-refractivity contribution in [2.24, 2.45) is 5.73 Å². The minimum Gasteiger partial charge on any atom is -0.465 e. The smallest absolute Gasteiger partial charge is 0.408 e. The van der Waals surface area contributed by atoms with Crippen LogP contribution in [0.3, 0.4) is 0 Å². The number of rotatable bonds is 7. The van der Waals surface area contributed by atoms with Crippen LogP contribution in [0.5, 0.6) is 0 Å². The molecule has 1 aliphatic heterocycles. The highest BCUT2D eigenvalue weighted by Crippen LogP contribution is 2.43. The molecule has 4 N–H and O–H groups in total. The van der Waals surface area contributed by atoms with E-state index in [1.54, 1.807) is 4.90 Å². The molecule has 2 atom stereocenters. The molecule has 2 aromatic rings. The molecule has 1 heterocycles. The fourth-order valence-corrected chi connectivity index (χ4v) is 4.75. The fraction of sp³-hybridized carbons (Fsp3) is 0.423. The highest BCUT2D eigenvalue weighted by Gasteiger charge is 2.38. The molecule has 0 saturated carbocycles. The van der Waals surface area contributed by atoms with Crippen LogP contribution in [0.2, 0.25) is 0 Å². The SMILES string of the molecule is CC(=O)N1c2ccc(-c3ccc(CC(=O)NCCN)cc3)cc2[C@H](N(C(=O)O)C(C)C)C[C@@H]1C.Cl. The Kier molecular flexibility index (Phi) is 9.68. The van der Waals surface area contributed by atoms with Crippen LogP contribution in [0.4, 0.5) is 10.5 Å². The first-order valence-corrected chi connectivity index (χ1v) is 11.6. The number of anilines is 1. The van der Waals surface area contributed by atoms with Gasteiger partial charge in [0, 0.05) is 37.8 Å². The summed E-state index contributed by atoms with van der Waals surface area (Å²) in [6.45, 7) is 8.07. The van der Waals surface area contributed by atoms with Crippen molar-refractivity contribution in [2.75, 3.05) is 18.0 Å². The first kappa shape index (κ1) is 28.1. The van der Waals surface area contributed by atoms with Crippen molar-refractivity contribution >= 4 is 36.0 Å². The summed E-state index contributed by atoms with van der Waals surface area (Å²) in [5.41, 5.74) is 9.77. The van der Waals surface area contributed by atoms with Gasteiger partial charge >= 0.3 is 6.09 Å². The lowest BCUT2D eigenvalue weighted by atomic mass is 9.87. The fourth-order valence-electron chi connectivity index (χ4n) is 4.75. The van der Waals surface area contributed by atoms with E-state index in [0.717, 1.165) is 27.9 Å². The predicted octanol–water partition coefficient (Wildman–Crippen LogP) is 3.97. The zero-order chi connectivity index (χ0) is 25.0. The molecule has 35 heavy (non-hydrogen) atoms. The van der Waals surface area contributed by atoms with Gasteiger partial charge in [0.2, 0.25) is 11.8 Å². The molecule has 190 valence electrons. The van der Waals surface area contributed by atoms with E-state index < -0.39 is 6.09 Å². The second-order valence-electron chi connectivity index (χ2n) is 9.06. The maximum Gasteiger partial charge on any atom is 0.408 e. The first-order chi connectivity index (χ1) is 16.1. The van der Waals surface area contributed by atoms with Crippen LogP contribution in [0.1, 0.15) is 51.3 Å². The second kappa shape index (κ2) is 12.0. The highest BCUT2D eigenvalue weighted by atomic mass is 35.5. The minimum atomic E-state index is -0.975. The van der Waals surface area contributed by atoms with Gasteiger partial charge in [-0.25, -0.2) is 4.79 Å². The summed E-state index contributed by atoms with van der Waals surface area (Å²) in [6, 6.07) is 12.9. The zero-order valence-corrected chi connectivity index (χ0v) is 21.5. The Bertz CT molecular complexity index is 1060. The lowest BCUT2D eigenvalue weighted by Crippen LogP contribution is -2.48. The number of amides is 3. The van der Waals surface area contributed by atoms with Crippen molar-refractivity contribution in [1.29, 1.82) is 0 Å². The van der Waals surface area contributed by atoms with Gasteiger partial charge in [0.25, 0.3) is 0 Å². The molecule has 0 spiro atoms. The average molecular weight is 503 g/mol. The molecular formula is C26H35ClN4O4. The molecular weight excluding hydrogens is 468 g/mol. The van der Waals surface area contributed by atoms with Gasteiger partial charge in [-0.3, -0.25) is 14.5 Å². The maximum atomic E-state index is 12.4. The lowest BCUT2D eigenvalue weighted by Gasteiger charge is -2.43. The number of carboxylic acid groups (broad SMARTS) is 1. The number of carbonyl (C=O) groups excluding carboxylic acids is 2. The third kappa shape index (κ3) is 6.32. The normalized spacial score (nSPS) is 16.8. The van der Waals surface area contributed by atoms with Gasteiger partial charge in [-0.2, -0.15) is 0 Å². The van der Waals surface area contributed by atoms with E-state index in [4.69, 9.17) is 5.73 Å². The van der Waals surface area contributed by atoms with Gasteiger partial charge in [-0.15, -0.1) is 12.4 Å². The van der Waals surface area contributed by atoms with Crippen molar-refractivity contribution in [2.45, 2.75) is 58.7 Å². The molecule has 1 aliphatic rings. The van der Waals surface area contributed by atoms with Crippen LogP contribution in [0, 0.1) is 0 Å². The molecule has 0 unspecified atom stereocenters. The van der Waals surface area contributed by atoms with Gasteiger partial charge in [0.15, 0.2) is 0 Å². The summed E-state index contributed by atoms with van der Waals surface area (Å²) >= 11 is 0. The molecule has 3 amide bonds. The van der Waals surface area contributed by atoms with E-state index in [1.807, 2.05) is 63.2 Å². The van der Waals surface area contributed by atoms with E-state index in [9.17, 15) is 19.5 Å². The highest BCUT2D eigenvalue weighted by molar-refractivity contribution is 5.94. The van der Waals surface area contributed by atoms with Gasteiger partial charge in [-0.1, -0.05) is 30.3 Å². The summed E-state index contributed by atoms with van der Waals surface area (Å²) in [5, 5.41) is 12.7. The molecule has 0 aliphatic carbocycles. The molecule has 0 fully saturated rings. The molecule has 0 bridgehead atoms. The van der Waals surface area contributed by atoms with Crippen molar-refractivity contribution in [3.8, 4) is 11.1 Å². The Balaban J connectivity index is 0.00000432. The van der Waals surface area contributed by atoms with E-state index >= 15 is 0 Å². The van der Waals surface area contributed by atoms with Crippen molar-refractivity contribution in [3.63, 3.8) is 0 Å². The summed E-state index contributed by atoms with van der Waals surface area (Å²) in [5.74, 6) is -0.139. The number of nitrogens with one attached hydrogen (secondary N) is 1. The van der Waals surface area contributed by atoms with Crippen LogP contribution in [-0.2, 0) is 16.0 Å². The van der Waals surface area contributed by atoms with Crippen molar-refractivity contribution < 1.29 is 19.5 Å². The van der Waals surface area contributed by atoms with E-state index in [1.165, 1.54) is 11.8 Å². The average Bonchev–Trinajstić information content (AvgIpc) is 2.77. The second-order valence-corrected chi connectivity index (χ2v) is 9.06. The van der Waals surface area contributed by atoms with E-state index in [-0.39, 0.29) is 48.8 Å². The Hall–Kier alpha value is -3.10. The molecule has 0 aromatic heterocycles. The van der Waals surface area contributed by atoms with Crippen molar-refractivity contribution in [3.05, 3.63) is 53.6 Å². The Morgan fingerprint density at radius 2 is 1.77 bits per heavy atom. The van der Waals surface area contributed by atoms with Crippen molar-refractivity contribution in [1.82, 2.24) is 10.2 Å². The van der Waals surface area contributed by atoms with Gasteiger partial charge in [0.1, 0.15) is 0 Å². The summed E-state index contributed by atoms with van der Waals surface area (Å²) in [6.07, 6.45) is -0.172. The van der Waals surface area contributed by atoms with Crippen LogP contribution >= 0.6 is 12.4 Å². The quantitative estimate of drug-likeness (QED) is 0.529. The van der Waals surface area contributed by atoms with Crippen LogP contribution in [0.15, 0.2) is 42.5 Å². The number of halogens is 1. The number of fused-ring (bicyclic) bond motifs is 1. The monoisotopic (exact) mass is 502 g/mol. The number of benzene rings is 2. The third-order valence-corrected chi connectivity index (χ3v) is 6.22. The van der Waals surface area contributed by atoms with Crippen LogP contribution in [-0.4, -0.2) is 53.1 Å². The van der Waals surface area contributed by atoms with Gasteiger partial charge in [0.05, 0.1) is 12.5 Å². The first-order valence-electron chi connectivity index (χ1n) is 11.6. The Morgan fingerprint density at radius 1 is 1.14 bits per heavy atom. The Labute approximate surface area is 212 Å². The maximum absolute atomic E-state index is 12.4. The Morgan fingerprint density at radius 3 is 2.31 bits per heavy atom. The van der Waals surface area contributed by atoms with E-state index in [0.29, 0.717) is 19.5 Å². The molecule has 0 saturated heterocycles. The number of nitrogens with two attached hydrogens (primary N) is 1. The van der Waals surface area contributed by atoms with Gasteiger partial charge < -0.3 is 21.1 Å². The van der Waals surface area contributed by atoms with E-state index in [2.05, 4.69) is 5.32 Å². The third-order valence-electron chi connectivity index (χ3n) is 6.22. The van der Waals surface area contributed by atoms with Crippen LogP contribution < -0.4 is 16.0 Å². The molecule has 8 nitrogen and oxygen atoms in total. The minimum absolute atomic E-state index is 0. The molecule has 2 aromatic carbocycles. The van der Waals surface area contributed by atoms with Crippen LogP contribution in [0.25, 0.3) is 11.1 Å². The largest absolute Gasteiger partial charge is 0.465 e. The summed E-state index contributed by atoms with van der Waals surface area (Å²) in [7, 11) is 0. The number of carbonyl (C=O) groups is 3. The number of hydrogen-bond donors (Lipinski definition) is 3. The molecule has 0 radical (unpaired) electrons. The number of hydrogen-bond acceptors (Lipinski definition) is 4. The molecule has 9 heteroatoms. The summed E-state index contributed by atoms with van der Waals surface area (Å²) in [4.78, 5) is 39.7. The molecule has 3 rings (SSSR count).